The monoisotopic (exact) mass is 613 g/mol. The van der Waals surface area contributed by atoms with Crippen molar-refractivity contribution in [1.82, 2.24) is 24.8 Å². The molecule has 0 aliphatic carbocycles. The van der Waals surface area contributed by atoms with Crippen LogP contribution in [0.15, 0.2) is 53.7 Å². The molecule has 2 aromatic carbocycles. The van der Waals surface area contributed by atoms with E-state index in [4.69, 9.17) is 4.74 Å². The Morgan fingerprint density at radius 1 is 1.12 bits per heavy atom. The fourth-order valence-corrected chi connectivity index (χ4v) is 5.77. The molecule has 0 spiro atoms. The molecule has 5 rings (SSSR count). The van der Waals surface area contributed by atoms with Gasteiger partial charge in [-0.25, -0.2) is 27.2 Å². The maximum atomic E-state index is 15.1. The van der Waals surface area contributed by atoms with Crippen LogP contribution in [0.5, 0.6) is 0 Å². The number of likely N-dealkylation sites (N-methyl/N-ethyl adjacent to an activating group) is 1. The number of nitrogens with one attached hydrogen (secondary N) is 3. The fraction of sp³-hybridized carbons (Fsp3) is 0.345. The summed E-state index contributed by atoms with van der Waals surface area (Å²) >= 11 is 0. The zero-order valence-electron chi connectivity index (χ0n) is 24.0. The van der Waals surface area contributed by atoms with Gasteiger partial charge in [-0.2, -0.15) is 0 Å². The lowest BCUT2D eigenvalue weighted by atomic mass is 10.1. The van der Waals surface area contributed by atoms with E-state index in [1.807, 2.05) is 14.0 Å². The van der Waals surface area contributed by atoms with Crippen molar-refractivity contribution in [2.75, 3.05) is 63.3 Å². The van der Waals surface area contributed by atoms with Gasteiger partial charge in [0.05, 0.1) is 29.7 Å². The maximum Gasteiger partial charge on any atom is 0.244 e. The van der Waals surface area contributed by atoms with E-state index in [2.05, 4.69) is 35.4 Å². The molecule has 1 atom stereocenters. The summed E-state index contributed by atoms with van der Waals surface area (Å²) in [7, 11) is -1.77. The molecule has 228 valence electrons. The maximum absolute atomic E-state index is 15.1. The third-order valence-corrected chi connectivity index (χ3v) is 8.46. The smallest absolute Gasteiger partial charge is 0.244 e. The highest BCUT2D eigenvalue weighted by atomic mass is 32.2. The molecule has 1 amide bonds. The van der Waals surface area contributed by atoms with Gasteiger partial charge in [0.15, 0.2) is 21.5 Å². The number of anilines is 3. The minimum atomic E-state index is -3.82. The zero-order valence-corrected chi connectivity index (χ0v) is 24.8. The number of para-hydroxylation sites is 1. The van der Waals surface area contributed by atoms with E-state index in [9.17, 15) is 17.6 Å². The van der Waals surface area contributed by atoms with Crippen molar-refractivity contribution in [3.05, 3.63) is 60.4 Å². The van der Waals surface area contributed by atoms with E-state index in [0.29, 0.717) is 28.8 Å². The number of sulfone groups is 1. The quantitative estimate of drug-likeness (QED) is 0.245. The van der Waals surface area contributed by atoms with Crippen molar-refractivity contribution in [2.24, 2.45) is 0 Å². The molecular weight excluding hydrogens is 580 g/mol. The standard InChI is InChI=1S/C29H33F2N7O4S/c1-4-42-17-23(38-13-11-37(2)12-14-38)28(39)34-22-9-5-7-18-19(15-32-27(18)22)26-20(30)16-33-29(36-26)35-21-8-6-10-24(25(21)31)43(3,40)41/h5-10,15-16,23,32H,4,11-14,17H2,1-3H3,(H,34,39)(H,33,35,36)/t23-/m1/s1. The van der Waals surface area contributed by atoms with Crippen molar-refractivity contribution in [3.8, 4) is 11.3 Å². The molecule has 0 saturated carbocycles. The Kier molecular flexibility index (Phi) is 9.01. The molecule has 1 saturated heterocycles. The number of carbonyl (C=O) groups is 1. The second-order valence-electron chi connectivity index (χ2n) is 10.3. The topological polar surface area (TPSA) is 133 Å². The third-order valence-electron chi connectivity index (χ3n) is 7.34. The van der Waals surface area contributed by atoms with E-state index in [1.54, 1.807) is 24.4 Å². The van der Waals surface area contributed by atoms with Crippen LogP contribution < -0.4 is 10.6 Å². The summed E-state index contributed by atoms with van der Waals surface area (Å²) in [4.78, 5) is 28.6. The lowest BCUT2D eigenvalue weighted by molar-refractivity contribution is -0.124. The number of fused-ring (bicyclic) bond motifs is 1. The van der Waals surface area contributed by atoms with Crippen LogP contribution in [-0.2, 0) is 19.4 Å². The molecule has 0 radical (unpaired) electrons. The first-order chi connectivity index (χ1) is 20.6. The van der Waals surface area contributed by atoms with Gasteiger partial charge in [-0.3, -0.25) is 9.69 Å². The van der Waals surface area contributed by atoms with Crippen molar-refractivity contribution < 1.29 is 26.7 Å². The number of rotatable bonds is 10. The predicted molar refractivity (Wildman–Crippen MR) is 160 cm³/mol. The van der Waals surface area contributed by atoms with Gasteiger partial charge in [-0.05, 0) is 32.2 Å². The number of piperazine rings is 1. The SMILES string of the molecule is CCOC[C@H](C(=O)Nc1cccc2c(-c3nc(Nc4cccc(S(C)(=O)=O)c4F)ncc3F)c[nH]c12)N1CCN(C)CC1. The Balaban J connectivity index is 1.43. The van der Waals surface area contributed by atoms with Crippen LogP contribution in [0.3, 0.4) is 0 Å². The Morgan fingerprint density at radius 2 is 1.84 bits per heavy atom. The van der Waals surface area contributed by atoms with Crippen LogP contribution in [0.4, 0.5) is 26.1 Å². The molecule has 11 nitrogen and oxygen atoms in total. The van der Waals surface area contributed by atoms with E-state index in [0.717, 1.165) is 44.7 Å². The van der Waals surface area contributed by atoms with Gasteiger partial charge >= 0.3 is 0 Å². The number of hydrogen-bond acceptors (Lipinski definition) is 9. The summed E-state index contributed by atoms with van der Waals surface area (Å²) in [6, 6.07) is 8.64. The van der Waals surface area contributed by atoms with Crippen LogP contribution in [0.2, 0.25) is 0 Å². The molecule has 4 aromatic rings. The highest BCUT2D eigenvalue weighted by molar-refractivity contribution is 7.90. The molecule has 0 bridgehead atoms. The van der Waals surface area contributed by atoms with Crippen molar-refractivity contribution in [3.63, 3.8) is 0 Å². The number of H-pyrrole nitrogens is 1. The number of halogens is 2. The first-order valence-electron chi connectivity index (χ1n) is 13.8. The lowest BCUT2D eigenvalue weighted by Crippen LogP contribution is -2.54. The van der Waals surface area contributed by atoms with E-state index >= 15 is 4.39 Å². The molecule has 43 heavy (non-hydrogen) atoms. The van der Waals surface area contributed by atoms with Crippen molar-refractivity contribution in [2.45, 2.75) is 17.9 Å². The van der Waals surface area contributed by atoms with E-state index < -0.39 is 32.4 Å². The normalized spacial score (nSPS) is 15.5. The Labute approximate surface area is 248 Å². The molecule has 1 aliphatic heterocycles. The molecule has 14 heteroatoms. The van der Waals surface area contributed by atoms with Gasteiger partial charge < -0.3 is 25.3 Å². The molecule has 1 fully saturated rings. The Bertz CT molecular complexity index is 1740. The van der Waals surface area contributed by atoms with Crippen molar-refractivity contribution >= 4 is 44.0 Å². The summed E-state index contributed by atoms with van der Waals surface area (Å²) in [6.07, 6.45) is 3.42. The molecule has 0 unspecified atom stereocenters. The van der Waals surface area contributed by atoms with Gasteiger partial charge in [0.25, 0.3) is 0 Å². The number of benzene rings is 2. The first kappa shape index (κ1) is 30.5. The summed E-state index contributed by atoms with van der Waals surface area (Å²) in [5.74, 6) is -2.06. The highest BCUT2D eigenvalue weighted by Crippen LogP contribution is 2.34. The largest absolute Gasteiger partial charge is 0.380 e. The van der Waals surface area contributed by atoms with Gasteiger partial charge in [-0.1, -0.05) is 18.2 Å². The average Bonchev–Trinajstić information content (AvgIpc) is 3.40. The summed E-state index contributed by atoms with van der Waals surface area (Å²) < 4.78 is 59.4. The average molecular weight is 614 g/mol. The molecule has 3 N–H and O–H groups in total. The highest BCUT2D eigenvalue weighted by Gasteiger charge is 2.29. The van der Waals surface area contributed by atoms with Crippen LogP contribution in [-0.4, -0.2) is 97.8 Å². The first-order valence-corrected chi connectivity index (χ1v) is 15.7. The van der Waals surface area contributed by atoms with Gasteiger partial charge in [0, 0.05) is 56.2 Å². The Hall–Kier alpha value is -3.98. The summed E-state index contributed by atoms with van der Waals surface area (Å²) in [5.41, 5.74) is 1.23. The number of nitrogens with zero attached hydrogens (tertiary/aromatic N) is 4. The second-order valence-corrected chi connectivity index (χ2v) is 12.3. The lowest BCUT2D eigenvalue weighted by Gasteiger charge is -2.37. The number of ether oxygens (including phenoxy) is 1. The van der Waals surface area contributed by atoms with Crippen LogP contribution >= 0.6 is 0 Å². The fourth-order valence-electron chi connectivity index (χ4n) is 5.01. The number of aromatic nitrogens is 3. The number of carbonyl (C=O) groups excluding carboxylic acids is 1. The molecular formula is C29H33F2N7O4S. The third kappa shape index (κ3) is 6.67. The zero-order chi connectivity index (χ0) is 30.7. The molecule has 1 aliphatic rings. The second kappa shape index (κ2) is 12.7. The number of amides is 1. The Morgan fingerprint density at radius 3 is 2.56 bits per heavy atom. The minimum absolute atomic E-state index is 0.0708. The summed E-state index contributed by atoms with van der Waals surface area (Å²) in [6.45, 7) is 5.81. The van der Waals surface area contributed by atoms with Crippen LogP contribution in [0.1, 0.15) is 6.92 Å². The minimum Gasteiger partial charge on any atom is -0.380 e. The predicted octanol–water partition coefficient (Wildman–Crippen LogP) is 3.64. The van der Waals surface area contributed by atoms with Crippen molar-refractivity contribution in [1.29, 1.82) is 0 Å². The van der Waals surface area contributed by atoms with E-state index in [-0.39, 0.29) is 29.8 Å². The van der Waals surface area contributed by atoms with Gasteiger partial charge in [0.1, 0.15) is 16.6 Å². The van der Waals surface area contributed by atoms with Crippen LogP contribution in [0, 0.1) is 11.6 Å². The molecule has 2 aromatic heterocycles. The van der Waals surface area contributed by atoms with Crippen LogP contribution in [0.25, 0.3) is 22.2 Å². The van der Waals surface area contributed by atoms with Gasteiger partial charge in [0.2, 0.25) is 11.9 Å². The van der Waals surface area contributed by atoms with Gasteiger partial charge in [-0.15, -0.1) is 0 Å². The number of hydrogen-bond donors (Lipinski definition) is 3. The van der Waals surface area contributed by atoms with E-state index in [1.165, 1.54) is 12.1 Å². The summed E-state index contributed by atoms with van der Waals surface area (Å²) in [5, 5.41) is 6.25. The molecule has 3 heterocycles. The number of aromatic amines is 1.